The Morgan fingerprint density at radius 3 is 2.52 bits per heavy atom. The Hall–Kier alpha value is -2.52. The van der Waals surface area contributed by atoms with Crippen LogP contribution in [0.2, 0.25) is 0 Å². The monoisotopic (exact) mass is 279 g/mol. The van der Waals surface area contributed by atoms with Gasteiger partial charge in [-0.05, 0) is 17.5 Å². The zero-order valence-corrected chi connectivity index (χ0v) is 11.9. The van der Waals surface area contributed by atoms with Crippen molar-refractivity contribution < 1.29 is 9.47 Å². The summed E-state index contributed by atoms with van der Waals surface area (Å²) in [7, 11) is 1.64. The van der Waals surface area contributed by atoms with Crippen LogP contribution in [0.1, 0.15) is 5.56 Å². The van der Waals surface area contributed by atoms with Gasteiger partial charge in [0.15, 0.2) is 0 Å². The second-order valence-electron chi connectivity index (χ2n) is 4.76. The number of rotatable bonds is 4. The van der Waals surface area contributed by atoms with Crippen LogP contribution in [0.25, 0.3) is 10.8 Å². The van der Waals surface area contributed by atoms with E-state index in [4.69, 9.17) is 15.2 Å². The molecule has 0 unspecified atom stereocenters. The molecule has 3 rings (SSSR count). The van der Waals surface area contributed by atoms with Crippen molar-refractivity contribution in [1.82, 2.24) is 0 Å². The summed E-state index contributed by atoms with van der Waals surface area (Å²) < 4.78 is 11.4. The van der Waals surface area contributed by atoms with Gasteiger partial charge >= 0.3 is 0 Å². The lowest BCUT2D eigenvalue weighted by Crippen LogP contribution is -2.00. The van der Waals surface area contributed by atoms with Gasteiger partial charge in [-0.3, -0.25) is 0 Å². The first-order valence-electron chi connectivity index (χ1n) is 6.84. The quantitative estimate of drug-likeness (QED) is 0.782. The third-order valence-corrected chi connectivity index (χ3v) is 3.46. The highest BCUT2D eigenvalue weighted by molar-refractivity contribution is 5.88. The van der Waals surface area contributed by atoms with Crippen molar-refractivity contribution in [3.8, 4) is 17.2 Å². The van der Waals surface area contributed by atoms with E-state index in [1.807, 2.05) is 48.5 Å². The van der Waals surface area contributed by atoms with Crippen LogP contribution in [0.3, 0.4) is 0 Å². The van der Waals surface area contributed by atoms with Crippen LogP contribution in [-0.2, 0) is 6.54 Å². The lowest BCUT2D eigenvalue weighted by atomic mass is 10.1. The highest BCUT2D eigenvalue weighted by atomic mass is 16.5. The van der Waals surface area contributed by atoms with Crippen LogP contribution in [0.4, 0.5) is 0 Å². The highest BCUT2D eigenvalue weighted by Crippen LogP contribution is 2.33. The van der Waals surface area contributed by atoms with E-state index in [-0.39, 0.29) is 0 Å². The maximum Gasteiger partial charge on any atom is 0.135 e. The summed E-state index contributed by atoms with van der Waals surface area (Å²) in [6.07, 6.45) is 0. The van der Waals surface area contributed by atoms with Gasteiger partial charge in [0.2, 0.25) is 0 Å². The molecule has 2 N–H and O–H groups in total. The van der Waals surface area contributed by atoms with Gasteiger partial charge in [0.1, 0.15) is 17.2 Å². The molecule has 0 spiro atoms. The van der Waals surface area contributed by atoms with Gasteiger partial charge in [0.05, 0.1) is 7.11 Å². The Morgan fingerprint density at radius 1 is 0.905 bits per heavy atom. The minimum atomic E-state index is 0.421. The van der Waals surface area contributed by atoms with Gasteiger partial charge in [-0.1, -0.05) is 42.5 Å². The second-order valence-corrected chi connectivity index (χ2v) is 4.76. The first kappa shape index (κ1) is 13.5. The summed E-state index contributed by atoms with van der Waals surface area (Å²) in [5, 5.41) is 2.22. The molecule has 0 aliphatic rings. The van der Waals surface area contributed by atoms with Gasteiger partial charge < -0.3 is 15.2 Å². The molecule has 0 saturated heterocycles. The Balaban J connectivity index is 2.06. The molecule has 106 valence electrons. The molecule has 3 heteroatoms. The summed E-state index contributed by atoms with van der Waals surface area (Å²) in [5.41, 5.74) is 6.74. The first-order chi connectivity index (χ1) is 10.3. The molecule has 0 heterocycles. The molecule has 0 aliphatic carbocycles. The van der Waals surface area contributed by atoms with E-state index in [0.717, 1.165) is 33.6 Å². The van der Waals surface area contributed by atoms with E-state index in [1.54, 1.807) is 7.11 Å². The summed E-state index contributed by atoms with van der Waals surface area (Å²) in [4.78, 5) is 0. The molecule has 0 amide bonds. The fraction of sp³-hybridized carbons (Fsp3) is 0.111. The number of hydrogen-bond donors (Lipinski definition) is 1. The minimum Gasteiger partial charge on any atom is -0.497 e. The molecule has 0 aliphatic heterocycles. The van der Waals surface area contributed by atoms with Gasteiger partial charge in [0.25, 0.3) is 0 Å². The molecular formula is C18H17NO2. The number of methoxy groups -OCH3 is 1. The predicted octanol–water partition coefficient (Wildman–Crippen LogP) is 4.10. The van der Waals surface area contributed by atoms with Gasteiger partial charge in [-0.2, -0.15) is 0 Å². The van der Waals surface area contributed by atoms with Gasteiger partial charge in [-0.25, -0.2) is 0 Å². The molecule has 3 aromatic rings. The van der Waals surface area contributed by atoms with E-state index in [1.165, 1.54) is 0 Å². The number of hydrogen-bond acceptors (Lipinski definition) is 3. The van der Waals surface area contributed by atoms with E-state index < -0.39 is 0 Å². The Morgan fingerprint density at radius 2 is 1.71 bits per heavy atom. The summed E-state index contributed by atoms with van der Waals surface area (Å²) in [6, 6.07) is 19.8. The standard InChI is InChI=1S/C18H17NO2/c1-20-15-10-9-14(12-19)18(11-15)21-17-8-4-6-13-5-2-3-7-16(13)17/h2-11H,12,19H2,1H3. The van der Waals surface area contributed by atoms with Gasteiger partial charge in [0, 0.05) is 23.6 Å². The molecule has 0 aromatic heterocycles. The van der Waals surface area contributed by atoms with Gasteiger partial charge in [-0.15, -0.1) is 0 Å². The lowest BCUT2D eigenvalue weighted by molar-refractivity contribution is 0.408. The molecule has 0 radical (unpaired) electrons. The minimum absolute atomic E-state index is 0.421. The molecule has 0 fully saturated rings. The van der Waals surface area contributed by atoms with Crippen LogP contribution in [0.5, 0.6) is 17.2 Å². The average molecular weight is 279 g/mol. The molecule has 0 bridgehead atoms. The van der Waals surface area contributed by atoms with Crippen molar-refractivity contribution in [2.45, 2.75) is 6.54 Å². The maximum absolute atomic E-state index is 6.10. The van der Waals surface area contributed by atoms with Crippen molar-refractivity contribution in [3.63, 3.8) is 0 Å². The molecule has 0 atom stereocenters. The fourth-order valence-electron chi connectivity index (χ4n) is 2.33. The smallest absolute Gasteiger partial charge is 0.135 e. The van der Waals surface area contributed by atoms with Crippen molar-refractivity contribution >= 4 is 10.8 Å². The van der Waals surface area contributed by atoms with E-state index in [0.29, 0.717) is 6.54 Å². The zero-order valence-electron chi connectivity index (χ0n) is 11.9. The number of ether oxygens (including phenoxy) is 2. The van der Waals surface area contributed by atoms with E-state index >= 15 is 0 Å². The predicted molar refractivity (Wildman–Crippen MR) is 84.9 cm³/mol. The van der Waals surface area contributed by atoms with Crippen LogP contribution < -0.4 is 15.2 Å². The zero-order chi connectivity index (χ0) is 14.7. The van der Waals surface area contributed by atoms with Crippen LogP contribution in [-0.4, -0.2) is 7.11 Å². The van der Waals surface area contributed by atoms with Crippen LogP contribution >= 0.6 is 0 Å². The average Bonchev–Trinajstić information content (AvgIpc) is 2.55. The fourth-order valence-corrected chi connectivity index (χ4v) is 2.33. The van der Waals surface area contributed by atoms with E-state index in [2.05, 4.69) is 12.1 Å². The van der Waals surface area contributed by atoms with Crippen LogP contribution in [0, 0.1) is 0 Å². The SMILES string of the molecule is COc1ccc(CN)c(Oc2cccc3ccccc23)c1. The number of fused-ring (bicyclic) bond motifs is 1. The Bertz CT molecular complexity index is 763. The molecule has 21 heavy (non-hydrogen) atoms. The molecule has 3 nitrogen and oxygen atoms in total. The second kappa shape index (κ2) is 5.85. The molecule has 3 aromatic carbocycles. The van der Waals surface area contributed by atoms with Crippen molar-refractivity contribution in [1.29, 1.82) is 0 Å². The van der Waals surface area contributed by atoms with Crippen molar-refractivity contribution in [2.75, 3.05) is 7.11 Å². The summed E-state index contributed by atoms with van der Waals surface area (Å²) in [6.45, 7) is 0.421. The van der Waals surface area contributed by atoms with Crippen molar-refractivity contribution in [2.24, 2.45) is 5.73 Å². The third-order valence-electron chi connectivity index (χ3n) is 3.46. The number of benzene rings is 3. The van der Waals surface area contributed by atoms with Crippen molar-refractivity contribution in [3.05, 3.63) is 66.2 Å². The largest absolute Gasteiger partial charge is 0.497 e. The molecular weight excluding hydrogens is 262 g/mol. The summed E-state index contributed by atoms with van der Waals surface area (Å²) in [5.74, 6) is 2.30. The Kier molecular flexibility index (Phi) is 3.75. The lowest BCUT2D eigenvalue weighted by Gasteiger charge is -2.13. The normalized spacial score (nSPS) is 10.6. The summed E-state index contributed by atoms with van der Waals surface area (Å²) >= 11 is 0. The van der Waals surface area contributed by atoms with E-state index in [9.17, 15) is 0 Å². The molecule has 0 saturated carbocycles. The topological polar surface area (TPSA) is 44.5 Å². The Labute approximate surface area is 123 Å². The third kappa shape index (κ3) is 2.69. The number of nitrogens with two attached hydrogens (primary N) is 1. The highest BCUT2D eigenvalue weighted by Gasteiger charge is 2.08. The van der Waals surface area contributed by atoms with Crippen LogP contribution in [0.15, 0.2) is 60.7 Å². The maximum atomic E-state index is 6.10. The first-order valence-corrected chi connectivity index (χ1v) is 6.84.